The fourth-order valence-corrected chi connectivity index (χ4v) is 11.3. The van der Waals surface area contributed by atoms with E-state index in [0.29, 0.717) is 30.1 Å². The first kappa shape index (κ1) is 38.8. The molecule has 4 aliphatic carbocycles. The molecule has 7 N–H and O–H groups in total. The summed E-state index contributed by atoms with van der Waals surface area (Å²) in [5, 5.41) is 72.5. The number of aliphatic hydroxyl groups excluding tert-OH is 7. The van der Waals surface area contributed by atoms with Gasteiger partial charge in [0.25, 0.3) is 0 Å². The summed E-state index contributed by atoms with van der Waals surface area (Å²) in [5.41, 5.74) is 7.59. The van der Waals surface area contributed by atoms with Crippen LogP contribution in [0.25, 0.3) is 0 Å². The highest BCUT2D eigenvalue weighted by Crippen LogP contribution is 2.65. The number of aliphatic hydroxyl groups is 7. The molecule has 1 aromatic carbocycles. The van der Waals surface area contributed by atoms with Gasteiger partial charge in [-0.2, -0.15) is 0 Å². The summed E-state index contributed by atoms with van der Waals surface area (Å²) >= 11 is 0. The summed E-state index contributed by atoms with van der Waals surface area (Å²) in [7, 11) is 0. The fraction of sp³-hybridized carbons (Fsp3) is 0.805. The van der Waals surface area contributed by atoms with E-state index in [1.165, 1.54) is 42.0 Å². The van der Waals surface area contributed by atoms with Gasteiger partial charge < -0.3 is 54.7 Å². The number of hydrogen-bond donors (Lipinski definition) is 7. The van der Waals surface area contributed by atoms with Gasteiger partial charge in [0, 0.05) is 6.61 Å². The molecule has 0 aromatic heterocycles. The van der Waals surface area contributed by atoms with Crippen molar-refractivity contribution >= 4 is 0 Å². The Bertz CT molecular complexity index is 1470. The highest BCUT2D eigenvalue weighted by atomic mass is 16.8. The van der Waals surface area contributed by atoms with E-state index in [2.05, 4.69) is 45.9 Å². The Hall–Kier alpha value is -1.48. The van der Waals surface area contributed by atoms with Crippen LogP contribution in [-0.4, -0.2) is 116 Å². The summed E-state index contributed by atoms with van der Waals surface area (Å²) < 4.78 is 24.1. The first-order chi connectivity index (χ1) is 24.7. The predicted molar refractivity (Wildman–Crippen MR) is 191 cm³/mol. The molecule has 0 amide bonds. The molecule has 7 rings (SSSR count). The van der Waals surface area contributed by atoms with E-state index < -0.39 is 68.0 Å². The molecule has 2 saturated heterocycles. The Morgan fingerprint density at radius 2 is 1.60 bits per heavy atom. The smallest absolute Gasteiger partial charge is 0.187 e. The van der Waals surface area contributed by atoms with E-state index in [-0.39, 0.29) is 23.5 Å². The van der Waals surface area contributed by atoms with Gasteiger partial charge in [0.1, 0.15) is 42.7 Å². The average molecular weight is 731 g/mol. The quantitative estimate of drug-likeness (QED) is 0.186. The molecule has 2 saturated carbocycles. The van der Waals surface area contributed by atoms with Crippen molar-refractivity contribution in [2.75, 3.05) is 13.2 Å². The lowest BCUT2D eigenvalue weighted by molar-refractivity contribution is -0.369. The zero-order valence-corrected chi connectivity index (χ0v) is 31.4. The SMILES string of the molecule is Cc1c(CCC(C)CO)ccc2c1[C@@]1(C)CC[C@H]3[C@@H](CC=C4C[C@@H](O[C@@H]5O[C@H](CO)[C@@H](O)[C@H](O)[C@H]5O[C@@H]5O[C@@H](C)[C@H](O)[C@@H](O)[C@H]5O)CC[C@@]43C)[C@@H]1C2. The minimum atomic E-state index is -1.61. The van der Waals surface area contributed by atoms with Crippen molar-refractivity contribution in [1.29, 1.82) is 0 Å². The summed E-state index contributed by atoms with van der Waals surface area (Å²) in [6, 6.07) is 4.73. The average Bonchev–Trinajstić information content (AvgIpc) is 3.45. The van der Waals surface area contributed by atoms with Gasteiger partial charge >= 0.3 is 0 Å². The van der Waals surface area contributed by atoms with Gasteiger partial charge in [-0.15, -0.1) is 0 Å². The molecule has 52 heavy (non-hydrogen) atoms. The van der Waals surface area contributed by atoms with Crippen LogP contribution < -0.4 is 0 Å². The summed E-state index contributed by atoms with van der Waals surface area (Å²) in [4.78, 5) is 0. The summed E-state index contributed by atoms with van der Waals surface area (Å²) in [5.74, 6) is 2.05. The number of aryl methyl sites for hydroxylation is 1. The molecule has 1 unspecified atom stereocenters. The maximum absolute atomic E-state index is 11.1. The third-order valence-electron chi connectivity index (χ3n) is 14.6. The lowest BCUT2D eigenvalue weighted by atomic mass is 9.47. The second-order valence-electron chi connectivity index (χ2n) is 17.6. The van der Waals surface area contributed by atoms with E-state index in [0.717, 1.165) is 38.5 Å². The molecule has 1 aromatic rings. The standard InChI is InChI=1S/C41H62O11/c1-20(18-42)6-7-23-8-9-24-16-29-27-11-10-25-17-26(12-14-40(25,4)28(27)13-15-41(29,5)31(24)21(23)2)50-39-37(35(47)33(45)30(19-43)51-39)52-38-36(48)34(46)32(44)22(3)49-38/h8-10,20,22,26-30,32-39,42-48H,6-7,11-19H2,1-5H3/t20?,22-,26-,27+,28-,29-,30+,32-,33+,34+,35-,36+,37+,38-,39+,40-,41-/m0/s1. The number of allylic oxidation sites excluding steroid dienone is 1. The van der Waals surface area contributed by atoms with Gasteiger partial charge in [-0.25, -0.2) is 0 Å². The Morgan fingerprint density at radius 1 is 0.846 bits per heavy atom. The van der Waals surface area contributed by atoms with Gasteiger partial charge in [-0.05, 0) is 128 Å². The lowest BCUT2D eigenvalue weighted by Crippen LogP contribution is -2.64. The van der Waals surface area contributed by atoms with Crippen LogP contribution >= 0.6 is 0 Å². The molecule has 4 fully saturated rings. The van der Waals surface area contributed by atoms with Crippen LogP contribution in [0.3, 0.4) is 0 Å². The molecule has 0 bridgehead atoms. The normalized spacial score (nSPS) is 46.4. The zero-order valence-electron chi connectivity index (χ0n) is 31.4. The van der Waals surface area contributed by atoms with Crippen molar-refractivity contribution in [3.05, 3.63) is 46.0 Å². The summed E-state index contributed by atoms with van der Waals surface area (Å²) in [6.45, 7) is 10.6. The Balaban J connectivity index is 1.06. The molecule has 292 valence electrons. The van der Waals surface area contributed by atoms with Crippen LogP contribution in [-0.2, 0) is 37.2 Å². The van der Waals surface area contributed by atoms with Gasteiger partial charge in [0.2, 0.25) is 0 Å². The Labute approximate surface area is 307 Å². The molecular weight excluding hydrogens is 668 g/mol. The molecule has 17 atom stereocenters. The van der Waals surface area contributed by atoms with E-state index >= 15 is 0 Å². The molecule has 2 aliphatic heterocycles. The van der Waals surface area contributed by atoms with Crippen molar-refractivity contribution in [3.63, 3.8) is 0 Å². The molecule has 6 aliphatic rings. The third kappa shape index (κ3) is 6.53. The van der Waals surface area contributed by atoms with E-state index in [1.54, 1.807) is 5.56 Å². The topological polar surface area (TPSA) is 179 Å². The second kappa shape index (κ2) is 14.9. The van der Waals surface area contributed by atoms with Crippen molar-refractivity contribution in [2.24, 2.45) is 29.1 Å². The van der Waals surface area contributed by atoms with Crippen LogP contribution in [0.15, 0.2) is 23.8 Å². The van der Waals surface area contributed by atoms with Crippen molar-refractivity contribution < 1.29 is 54.7 Å². The first-order valence-corrected chi connectivity index (χ1v) is 19.8. The highest BCUT2D eigenvalue weighted by molar-refractivity contribution is 5.50. The summed E-state index contributed by atoms with van der Waals surface area (Å²) in [6.07, 6.45) is -2.29. The van der Waals surface area contributed by atoms with Crippen molar-refractivity contribution in [1.82, 2.24) is 0 Å². The monoisotopic (exact) mass is 730 g/mol. The van der Waals surface area contributed by atoms with Gasteiger partial charge in [0.15, 0.2) is 12.6 Å². The number of hydrogen-bond acceptors (Lipinski definition) is 11. The fourth-order valence-electron chi connectivity index (χ4n) is 11.3. The largest absolute Gasteiger partial charge is 0.396 e. The van der Waals surface area contributed by atoms with Crippen molar-refractivity contribution in [2.45, 2.75) is 165 Å². The number of fused-ring (bicyclic) bond motifs is 7. The Morgan fingerprint density at radius 3 is 2.33 bits per heavy atom. The predicted octanol–water partition coefficient (Wildman–Crippen LogP) is 2.57. The number of rotatable bonds is 9. The van der Waals surface area contributed by atoms with Crippen LogP contribution in [0.2, 0.25) is 0 Å². The number of benzene rings is 1. The van der Waals surface area contributed by atoms with Gasteiger partial charge in [-0.1, -0.05) is 44.6 Å². The van der Waals surface area contributed by atoms with E-state index in [9.17, 15) is 35.7 Å². The Kier molecular flexibility index (Phi) is 11.1. The minimum absolute atomic E-state index is 0.0410. The maximum Gasteiger partial charge on any atom is 0.187 e. The zero-order chi connectivity index (χ0) is 37.3. The molecule has 11 heteroatoms. The highest BCUT2D eigenvalue weighted by Gasteiger charge is 2.58. The maximum atomic E-state index is 11.1. The van der Waals surface area contributed by atoms with E-state index in [1.807, 2.05) is 0 Å². The van der Waals surface area contributed by atoms with Crippen LogP contribution in [0, 0.1) is 36.0 Å². The van der Waals surface area contributed by atoms with Crippen LogP contribution in [0.4, 0.5) is 0 Å². The molecule has 0 spiro atoms. The van der Waals surface area contributed by atoms with Crippen LogP contribution in [0.1, 0.15) is 94.9 Å². The van der Waals surface area contributed by atoms with Gasteiger partial charge in [-0.3, -0.25) is 0 Å². The van der Waals surface area contributed by atoms with Gasteiger partial charge in [0.05, 0.1) is 18.8 Å². The first-order valence-electron chi connectivity index (χ1n) is 19.8. The third-order valence-corrected chi connectivity index (χ3v) is 14.6. The van der Waals surface area contributed by atoms with Crippen LogP contribution in [0.5, 0.6) is 0 Å². The number of ether oxygens (including phenoxy) is 4. The molecule has 0 radical (unpaired) electrons. The molecular formula is C41H62O11. The lowest BCUT2D eigenvalue weighted by Gasteiger charge is -2.58. The molecule has 2 heterocycles. The molecule has 11 nitrogen and oxygen atoms in total. The second-order valence-corrected chi connectivity index (χ2v) is 17.6. The van der Waals surface area contributed by atoms with E-state index in [4.69, 9.17) is 18.9 Å². The minimum Gasteiger partial charge on any atom is -0.396 e. The van der Waals surface area contributed by atoms with Crippen molar-refractivity contribution in [3.8, 4) is 0 Å².